The lowest BCUT2D eigenvalue weighted by Crippen LogP contribution is -2.40. The molecule has 23 heavy (non-hydrogen) atoms. The largest absolute Gasteiger partial charge is 0.493 e. The van der Waals surface area contributed by atoms with Gasteiger partial charge in [0, 0.05) is 19.2 Å². The van der Waals surface area contributed by atoms with Crippen LogP contribution in [0.3, 0.4) is 0 Å². The molecular weight excluding hydrogens is 340 g/mol. The summed E-state index contributed by atoms with van der Waals surface area (Å²) in [7, 11) is -0.499. The summed E-state index contributed by atoms with van der Waals surface area (Å²) in [5, 5.41) is 0. The summed E-state index contributed by atoms with van der Waals surface area (Å²) in [6, 6.07) is 4.69. The fourth-order valence-electron chi connectivity index (χ4n) is 2.84. The van der Waals surface area contributed by atoms with Crippen molar-refractivity contribution in [2.45, 2.75) is 24.2 Å². The van der Waals surface area contributed by atoms with E-state index in [1.165, 1.54) is 20.3 Å². The number of piperidine rings is 1. The molecule has 2 rings (SSSR count). The van der Waals surface area contributed by atoms with Gasteiger partial charge in [-0.2, -0.15) is 4.31 Å². The Morgan fingerprint density at radius 2 is 1.96 bits per heavy atom. The van der Waals surface area contributed by atoms with E-state index in [9.17, 15) is 8.42 Å². The Hall–Kier alpha value is -1.02. The molecule has 8 heteroatoms. The number of nitrogens with zero attached hydrogens (tertiary/aromatic N) is 1. The number of methoxy groups -OCH3 is 2. The maximum absolute atomic E-state index is 12.8. The number of nitrogens with two attached hydrogens (primary N) is 1. The molecule has 2 N–H and O–H groups in total. The molecule has 1 unspecified atom stereocenters. The minimum atomic E-state index is -3.51. The fourth-order valence-corrected chi connectivity index (χ4v) is 4.41. The molecule has 1 aliphatic heterocycles. The van der Waals surface area contributed by atoms with Gasteiger partial charge in [0.2, 0.25) is 10.0 Å². The van der Waals surface area contributed by atoms with E-state index in [4.69, 9.17) is 15.2 Å². The first kappa shape index (κ1) is 20.0. The molecule has 0 saturated carbocycles. The second-order valence-electron chi connectivity index (χ2n) is 5.47. The number of hydrogen-bond donors (Lipinski definition) is 1. The molecule has 1 fully saturated rings. The number of ether oxygens (including phenoxy) is 2. The average molecular weight is 365 g/mol. The van der Waals surface area contributed by atoms with Gasteiger partial charge >= 0.3 is 0 Å². The van der Waals surface area contributed by atoms with E-state index in [0.29, 0.717) is 37.1 Å². The van der Waals surface area contributed by atoms with E-state index in [-0.39, 0.29) is 17.3 Å². The van der Waals surface area contributed by atoms with E-state index < -0.39 is 10.0 Å². The van der Waals surface area contributed by atoms with Gasteiger partial charge in [-0.1, -0.05) is 0 Å². The number of hydrogen-bond acceptors (Lipinski definition) is 5. The molecule has 1 saturated heterocycles. The third-order valence-corrected chi connectivity index (χ3v) is 5.91. The van der Waals surface area contributed by atoms with Crippen LogP contribution in [0.1, 0.15) is 19.3 Å². The molecule has 0 spiro atoms. The minimum absolute atomic E-state index is 0. The maximum Gasteiger partial charge on any atom is 0.243 e. The lowest BCUT2D eigenvalue weighted by molar-refractivity contribution is 0.258. The molecule has 0 aliphatic carbocycles. The summed E-state index contributed by atoms with van der Waals surface area (Å²) in [5.74, 6) is 1.27. The Balaban J connectivity index is 0.00000264. The van der Waals surface area contributed by atoms with Crippen molar-refractivity contribution in [1.82, 2.24) is 4.31 Å². The average Bonchev–Trinajstić information content (AvgIpc) is 2.54. The van der Waals surface area contributed by atoms with Crippen molar-refractivity contribution in [3.63, 3.8) is 0 Å². The van der Waals surface area contributed by atoms with Gasteiger partial charge in [-0.25, -0.2) is 8.42 Å². The van der Waals surface area contributed by atoms with E-state index in [0.717, 1.165) is 19.3 Å². The standard InChI is InChI=1S/C15H24N2O4S.ClH/c1-20-14-6-5-13(10-15(14)21-2)22(18,19)17-9-3-4-12(11-17)7-8-16;/h5-6,10,12H,3-4,7-9,11,16H2,1-2H3;1H. The maximum atomic E-state index is 12.8. The van der Waals surface area contributed by atoms with Crippen molar-refractivity contribution in [1.29, 1.82) is 0 Å². The van der Waals surface area contributed by atoms with E-state index in [2.05, 4.69) is 0 Å². The Kier molecular flexibility index (Phi) is 7.60. The van der Waals surface area contributed by atoms with Crippen molar-refractivity contribution >= 4 is 22.4 Å². The van der Waals surface area contributed by atoms with Gasteiger partial charge < -0.3 is 15.2 Å². The van der Waals surface area contributed by atoms with Crippen LogP contribution in [-0.2, 0) is 10.0 Å². The van der Waals surface area contributed by atoms with Crippen LogP contribution in [0.5, 0.6) is 11.5 Å². The predicted molar refractivity (Wildman–Crippen MR) is 91.9 cm³/mol. The molecule has 1 heterocycles. The molecule has 1 aromatic carbocycles. The van der Waals surface area contributed by atoms with Crippen molar-refractivity contribution < 1.29 is 17.9 Å². The summed E-state index contributed by atoms with van der Waals surface area (Å²) in [4.78, 5) is 0.235. The predicted octanol–water partition coefficient (Wildman–Crippen LogP) is 1.88. The Morgan fingerprint density at radius 3 is 2.57 bits per heavy atom. The quantitative estimate of drug-likeness (QED) is 0.833. The second-order valence-corrected chi connectivity index (χ2v) is 7.40. The second kappa shape index (κ2) is 8.73. The summed E-state index contributed by atoms with van der Waals surface area (Å²) in [5.41, 5.74) is 5.60. The molecule has 6 nitrogen and oxygen atoms in total. The Labute approximate surface area is 144 Å². The molecule has 0 aromatic heterocycles. The minimum Gasteiger partial charge on any atom is -0.493 e. The summed E-state index contributed by atoms with van der Waals surface area (Å²) in [6.45, 7) is 1.68. The first-order valence-electron chi connectivity index (χ1n) is 7.45. The van der Waals surface area contributed by atoms with Gasteiger partial charge in [0.1, 0.15) is 0 Å². The highest BCUT2D eigenvalue weighted by Crippen LogP contribution is 2.32. The molecule has 1 aromatic rings. The van der Waals surface area contributed by atoms with Crippen molar-refractivity contribution in [3.05, 3.63) is 18.2 Å². The molecule has 0 amide bonds. The summed E-state index contributed by atoms with van der Waals surface area (Å²) in [6.07, 6.45) is 2.77. The zero-order chi connectivity index (χ0) is 16.2. The Morgan fingerprint density at radius 1 is 1.26 bits per heavy atom. The smallest absolute Gasteiger partial charge is 0.243 e. The van der Waals surface area contributed by atoms with Crippen molar-refractivity contribution in [3.8, 4) is 11.5 Å². The zero-order valence-electron chi connectivity index (χ0n) is 13.5. The van der Waals surface area contributed by atoms with Gasteiger partial charge in [0.05, 0.1) is 19.1 Å². The highest BCUT2D eigenvalue weighted by atomic mass is 35.5. The normalized spacial score (nSPS) is 19.0. The van der Waals surface area contributed by atoms with Crippen LogP contribution in [0.15, 0.2) is 23.1 Å². The van der Waals surface area contributed by atoms with Crippen LogP contribution >= 0.6 is 12.4 Å². The highest BCUT2D eigenvalue weighted by molar-refractivity contribution is 7.89. The number of benzene rings is 1. The molecular formula is C15H25ClN2O4S. The number of halogens is 1. The monoisotopic (exact) mass is 364 g/mol. The van der Waals surface area contributed by atoms with E-state index >= 15 is 0 Å². The van der Waals surface area contributed by atoms with Crippen LogP contribution in [0, 0.1) is 5.92 Å². The first-order valence-corrected chi connectivity index (χ1v) is 8.89. The lowest BCUT2D eigenvalue weighted by Gasteiger charge is -2.31. The van der Waals surface area contributed by atoms with Crippen LogP contribution in [0.25, 0.3) is 0 Å². The van der Waals surface area contributed by atoms with Crippen molar-refractivity contribution in [2.24, 2.45) is 11.7 Å². The van der Waals surface area contributed by atoms with Gasteiger partial charge in [0.15, 0.2) is 11.5 Å². The Bertz CT molecular complexity index is 607. The van der Waals surface area contributed by atoms with Crippen LogP contribution in [-0.4, -0.2) is 46.6 Å². The molecule has 0 bridgehead atoms. The van der Waals surface area contributed by atoms with E-state index in [1.54, 1.807) is 16.4 Å². The highest BCUT2D eigenvalue weighted by Gasteiger charge is 2.30. The topological polar surface area (TPSA) is 81.9 Å². The third kappa shape index (κ3) is 4.50. The molecule has 0 radical (unpaired) electrons. The summed E-state index contributed by atoms with van der Waals surface area (Å²) >= 11 is 0. The fraction of sp³-hybridized carbons (Fsp3) is 0.600. The van der Waals surface area contributed by atoms with Crippen LogP contribution in [0.4, 0.5) is 0 Å². The van der Waals surface area contributed by atoms with Gasteiger partial charge in [-0.3, -0.25) is 0 Å². The van der Waals surface area contributed by atoms with Crippen LogP contribution in [0.2, 0.25) is 0 Å². The molecule has 1 atom stereocenters. The van der Waals surface area contributed by atoms with Crippen LogP contribution < -0.4 is 15.2 Å². The number of rotatable bonds is 6. The zero-order valence-corrected chi connectivity index (χ0v) is 15.2. The van der Waals surface area contributed by atoms with Gasteiger partial charge in [-0.05, 0) is 43.9 Å². The van der Waals surface area contributed by atoms with Gasteiger partial charge in [0.25, 0.3) is 0 Å². The lowest BCUT2D eigenvalue weighted by atomic mass is 9.96. The van der Waals surface area contributed by atoms with E-state index in [1.807, 2.05) is 0 Å². The third-order valence-electron chi connectivity index (χ3n) is 4.05. The molecule has 132 valence electrons. The molecule has 1 aliphatic rings. The van der Waals surface area contributed by atoms with Gasteiger partial charge in [-0.15, -0.1) is 12.4 Å². The number of sulfonamides is 1. The summed E-state index contributed by atoms with van der Waals surface area (Å²) < 4.78 is 37.5. The van der Waals surface area contributed by atoms with Crippen molar-refractivity contribution in [2.75, 3.05) is 33.9 Å². The SMILES string of the molecule is COc1ccc(S(=O)(=O)N2CCCC(CCN)C2)cc1OC.Cl. The first-order chi connectivity index (χ1) is 10.5.